The van der Waals surface area contributed by atoms with E-state index in [4.69, 9.17) is 9.57 Å². The highest BCUT2D eigenvalue weighted by molar-refractivity contribution is 7.86. The zero-order valence-corrected chi connectivity index (χ0v) is 12.8. The van der Waals surface area contributed by atoms with E-state index in [0.717, 1.165) is 25.7 Å². The second-order valence-corrected chi connectivity index (χ2v) is 7.42. The van der Waals surface area contributed by atoms with Crippen LogP contribution in [-0.2, 0) is 19.8 Å². The molecule has 118 valence electrons. The molecule has 0 saturated heterocycles. The Balaban J connectivity index is 2.54. The molecule has 0 aromatic rings. The number of ether oxygens (including phenoxy) is 1. The molecule has 1 fully saturated rings. The average Bonchev–Trinajstić information content (AvgIpc) is 2.73. The summed E-state index contributed by atoms with van der Waals surface area (Å²) in [6.45, 7) is 5.06. The van der Waals surface area contributed by atoms with Gasteiger partial charge in [-0.05, 0) is 39.5 Å². The predicted molar refractivity (Wildman–Crippen MR) is 71.1 cm³/mol. The van der Waals surface area contributed by atoms with Gasteiger partial charge in [0, 0.05) is 0 Å². The van der Waals surface area contributed by atoms with Crippen LogP contribution in [0.5, 0.6) is 0 Å². The Hall–Kier alpha value is -0.890. The number of nitrogens with one attached hydrogen (secondary N) is 1. The van der Waals surface area contributed by atoms with Crippen LogP contribution in [0.2, 0.25) is 0 Å². The van der Waals surface area contributed by atoms with Gasteiger partial charge in [-0.1, -0.05) is 12.8 Å². The Morgan fingerprint density at radius 3 is 2.35 bits per heavy atom. The molecule has 0 heterocycles. The average molecular weight is 311 g/mol. The third-order valence-electron chi connectivity index (χ3n) is 2.98. The van der Waals surface area contributed by atoms with Crippen LogP contribution in [0.3, 0.4) is 0 Å². The van der Waals surface area contributed by atoms with Crippen LogP contribution in [0.15, 0.2) is 0 Å². The molecule has 6 nitrogen and oxygen atoms in total. The molecule has 1 N–H and O–H groups in total. The first kappa shape index (κ1) is 17.2. The predicted octanol–water partition coefficient (Wildman–Crippen LogP) is 2.30. The summed E-state index contributed by atoms with van der Waals surface area (Å²) in [6, 6.07) is 0. The number of hydroxylamine groups is 1. The number of halogens is 1. The molecule has 1 saturated carbocycles. The van der Waals surface area contributed by atoms with Crippen LogP contribution in [0.4, 0.5) is 8.68 Å². The summed E-state index contributed by atoms with van der Waals surface area (Å²) in [7, 11) is -4.66. The van der Waals surface area contributed by atoms with Gasteiger partial charge < -0.3 is 4.74 Å². The summed E-state index contributed by atoms with van der Waals surface area (Å²) >= 11 is 0. The van der Waals surface area contributed by atoms with Crippen molar-refractivity contribution in [1.82, 2.24) is 5.48 Å². The number of hydrogen-bond donors (Lipinski definition) is 1. The molecule has 20 heavy (non-hydrogen) atoms. The molecule has 1 atom stereocenters. The van der Waals surface area contributed by atoms with E-state index >= 15 is 0 Å². The van der Waals surface area contributed by atoms with Crippen LogP contribution in [0.1, 0.15) is 46.5 Å². The zero-order chi connectivity index (χ0) is 15.4. The lowest BCUT2D eigenvalue weighted by molar-refractivity contribution is -0.0535. The Kier molecular flexibility index (Phi) is 5.76. The van der Waals surface area contributed by atoms with E-state index in [1.54, 1.807) is 20.8 Å². The second kappa shape index (κ2) is 6.71. The van der Waals surface area contributed by atoms with E-state index in [-0.39, 0.29) is 5.92 Å². The normalized spacial score (nSPS) is 18.8. The maximum Gasteiger partial charge on any atom is 0.431 e. The van der Waals surface area contributed by atoms with Gasteiger partial charge in [-0.25, -0.2) is 4.79 Å². The van der Waals surface area contributed by atoms with E-state index in [2.05, 4.69) is 0 Å². The SMILES string of the molecule is CC(C)(C)OC(=O)NOC(CS(=O)(=O)F)C1CCCC1. The van der Waals surface area contributed by atoms with Gasteiger partial charge in [-0.2, -0.15) is 13.9 Å². The number of amides is 1. The minimum atomic E-state index is -4.66. The number of carbonyl (C=O) groups is 1. The first-order valence-electron chi connectivity index (χ1n) is 6.64. The Labute approximate surface area is 119 Å². The lowest BCUT2D eigenvalue weighted by Crippen LogP contribution is -2.39. The zero-order valence-electron chi connectivity index (χ0n) is 12.0. The molecule has 0 aromatic heterocycles. The summed E-state index contributed by atoms with van der Waals surface area (Å²) in [6.07, 6.45) is 1.70. The van der Waals surface area contributed by atoms with Crippen molar-refractivity contribution >= 4 is 16.3 Å². The molecule has 1 aliphatic rings. The van der Waals surface area contributed by atoms with Crippen molar-refractivity contribution in [2.24, 2.45) is 5.92 Å². The van der Waals surface area contributed by atoms with E-state index < -0.39 is 33.8 Å². The molecule has 0 aliphatic heterocycles. The summed E-state index contributed by atoms with van der Waals surface area (Å²) in [5.41, 5.74) is 1.35. The molecule has 1 unspecified atom stereocenters. The minimum absolute atomic E-state index is 0.0736. The highest BCUT2D eigenvalue weighted by atomic mass is 32.3. The molecule has 0 aromatic carbocycles. The lowest BCUT2D eigenvalue weighted by atomic mass is 10.0. The molecule has 0 bridgehead atoms. The van der Waals surface area contributed by atoms with Crippen molar-refractivity contribution in [1.29, 1.82) is 0 Å². The highest BCUT2D eigenvalue weighted by Gasteiger charge is 2.31. The maximum atomic E-state index is 12.8. The fourth-order valence-corrected chi connectivity index (χ4v) is 2.95. The number of rotatable bonds is 5. The monoisotopic (exact) mass is 311 g/mol. The van der Waals surface area contributed by atoms with Gasteiger partial charge in [0.2, 0.25) is 0 Å². The first-order chi connectivity index (χ1) is 9.07. The molecule has 1 amide bonds. The Morgan fingerprint density at radius 1 is 1.35 bits per heavy atom. The van der Waals surface area contributed by atoms with Crippen molar-refractivity contribution in [3.05, 3.63) is 0 Å². The van der Waals surface area contributed by atoms with Crippen molar-refractivity contribution in [3.63, 3.8) is 0 Å². The Bertz CT molecular complexity index is 426. The van der Waals surface area contributed by atoms with Gasteiger partial charge in [0.15, 0.2) is 0 Å². The maximum absolute atomic E-state index is 12.8. The van der Waals surface area contributed by atoms with Crippen LogP contribution in [-0.4, -0.2) is 32.0 Å². The third kappa shape index (κ3) is 7.04. The van der Waals surface area contributed by atoms with Gasteiger partial charge in [0.05, 0.1) is 0 Å². The van der Waals surface area contributed by atoms with Crippen LogP contribution in [0.25, 0.3) is 0 Å². The van der Waals surface area contributed by atoms with Gasteiger partial charge in [-0.15, -0.1) is 3.89 Å². The second-order valence-electron chi connectivity index (χ2n) is 6.01. The molecule has 8 heteroatoms. The summed E-state index contributed by atoms with van der Waals surface area (Å²) in [5.74, 6) is -0.830. The number of carbonyl (C=O) groups excluding carboxylic acids is 1. The summed E-state index contributed by atoms with van der Waals surface area (Å²) < 4.78 is 39.4. The van der Waals surface area contributed by atoms with E-state index in [0.29, 0.717) is 0 Å². The van der Waals surface area contributed by atoms with Gasteiger partial charge in [-0.3, -0.25) is 4.84 Å². The van der Waals surface area contributed by atoms with E-state index in [1.807, 2.05) is 5.48 Å². The van der Waals surface area contributed by atoms with Gasteiger partial charge >= 0.3 is 16.3 Å². The highest BCUT2D eigenvalue weighted by Crippen LogP contribution is 2.29. The lowest BCUT2D eigenvalue weighted by Gasteiger charge is -2.24. The summed E-state index contributed by atoms with van der Waals surface area (Å²) in [4.78, 5) is 16.5. The molecular formula is C12H22FNO5S. The first-order valence-corrected chi connectivity index (χ1v) is 8.19. The molecule has 0 radical (unpaired) electrons. The molecule has 0 spiro atoms. The smallest absolute Gasteiger partial charge is 0.431 e. The fraction of sp³-hybridized carbons (Fsp3) is 0.917. The van der Waals surface area contributed by atoms with Gasteiger partial charge in [0.1, 0.15) is 17.5 Å². The Morgan fingerprint density at radius 2 is 1.90 bits per heavy atom. The van der Waals surface area contributed by atoms with Crippen molar-refractivity contribution in [2.45, 2.75) is 58.2 Å². The standard InChI is InChI=1S/C12H22FNO5S/c1-12(2,3)18-11(15)14-19-10(8-20(13,16)17)9-6-4-5-7-9/h9-10H,4-8H2,1-3H3,(H,14,15). The molecule has 1 rings (SSSR count). The largest absolute Gasteiger partial charge is 0.442 e. The molecule has 1 aliphatic carbocycles. The summed E-state index contributed by atoms with van der Waals surface area (Å²) in [5, 5.41) is 0. The van der Waals surface area contributed by atoms with Crippen LogP contribution < -0.4 is 5.48 Å². The van der Waals surface area contributed by atoms with Crippen molar-refractivity contribution in [2.75, 3.05) is 5.75 Å². The van der Waals surface area contributed by atoms with Crippen LogP contribution in [0, 0.1) is 5.92 Å². The van der Waals surface area contributed by atoms with Crippen molar-refractivity contribution in [3.8, 4) is 0 Å². The topological polar surface area (TPSA) is 81.7 Å². The molecular weight excluding hydrogens is 289 g/mol. The van der Waals surface area contributed by atoms with Crippen LogP contribution >= 0.6 is 0 Å². The number of hydrogen-bond acceptors (Lipinski definition) is 5. The van der Waals surface area contributed by atoms with Gasteiger partial charge in [0.25, 0.3) is 0 Å². The van der Waals surface area contributed by atoms with Crippen molar-refractivity contribution < 1.29 is 26.7 Å². The minimum Gasteiger partial charge on any atom is -0.442 e. The van der Waals surface area contributed by atoms with E-state index in [1.165, 1.54) is 0 Å². The third-order valence-corrected chi connectivity index (χ3v) is 3.71. The fourth-order valence-electron chi connectivity index (χ4n) is 2.21. The van der Waals surface area contributed by atoms with E-state index in [9.17, 15) is 17.1 Å². The quantitative estimate of drug-likeness (QED) is 0.622.